The molecular formula is C13H17ClN2O. The fraction of sp³-hybridized carbons (Fsp3) is 0.462. The zero-order valence-corrected chi connectivity index (χ0v) is 10.9. The van der Waals surface area contributed by atoms with E-state index >= 15 is 0 Å². The van der Waals surface area contributed by atoms with Crippen LogP contribution in [-0.2, 0) is 4.74 Å². The third-order valence-corrected chi connectivity index (χ3v) is 3.10. The number of hydrogen-bond donors (Lipinski definition) is 1. The SMILES string of the molecule is CCCOC1(C)CNN=C1c1ccc(Cl)cc1. The predicted molar refractivity (Wildman–Crippen MR) is 70.6 cm³/mol. The van der Waals surface area contributed by atoms with Crippen molar-refractivity contribution in [2.24, 2.45) is 5.10 Å². The lowest BCUT2D eigenvalue weighted by Crippen LogP contribution is -2.41. The topological polar surface area (TPSA) is 33.6 Å². The van der Waals surface area contributed by atoms with Crippen molar-refractivity contribution in [3.05, 3.63) is 34.9 Å². The Hall–Kier alpha value is -1.06. The molecule has 1 N–H and O–H groups in total. The van der Waals surface area contributed by atoms with Crippen molar-refractivity contribution >= 4 is 17.3 Å². The minimum absolute atomic E-state index is 0.343. The second-order valence-electron chi connectivity index (χ2n) is 4.38. The summed E-state index contributed by atoms with van der Waals surface area (Å²) in [4.78, 5) is 0. The maximum atomic E-state index is 5.91. The Bertz CT molecular complexity index is 416. The maximum Gasteiger partial charge on any atom is 0.128 e. The monoisotopic (exact) mass is 252 g/mol. The van der Waals surface area contributed by atoms with Crippen LogP contribution in [0, 0.1) is 0 Å². The Balaban J connectivity index is 2.22. The first-order valence-electron chi connectivity index (χ1n) is 5.86. The van der Waals surface area contributed by atoms with Crippen LogP contribution in [-0.4, -0.2) is 24.5 Å². The van der Waals surface area contributed by atoms with Crippen LogP contribution >= 0.6 is 11.6 Å². The van der Waals surface area contributed by atoms with Gasteiger partial charge in [0, 0.05) is 17.2 Å². The van der Waals surface area contributed by atoms with Crippen molar-refractivity contribution in [3.63, 3.8) is 0 Å². The molecule has 1 unspecified atom stereocenters. The van der Waals surface area contributed by atoms with Crippen LogP contribution in [0.3, 0.4) is 0 Å². The van der Waals surface area contributed by atoms with E-state index in [9.17, 15) is 0 Å². The number of nitrogens with one attached hydrogen (secondary N) is 1. The van der Waals surface area contributed by atoms with Gasteiger partial charge >= 0.3 is 0 Å². The number of nitrogens with zero attached hydrogens (tertiary/aromatic N) is 1. The van der Waals surface area contributed by atoms with Gasteiger partial charge in [0.05, 0.1) is 6.54 Å². The number of benzene rings is 1. The Kier molecular flexibility index (Phi) is 3.69. The van der Waals surface area contributed by atoms with Gasteiger partial charge in [-0.15, -0.1) is 0 Å². The highest BCUT2D eigenvalue weighted by Gasteiger charge is 2.36. The predicted octanol–water partition coefficient (Wildman–Crippen LogP) is 2.83. The summed E-state index contributed by atoms with van der Waals surface area (Å²) < 4.78 is 5.91. The average Bonchev–Trinajstić information content (AvgIpc) is 2.70. The summed E-state index contributed by atoms with van der Waals surface area (Å²) in [6.07, 6.45) is 1.00. The lowest BCUT2D eigenvalue weighted by atomic mass is 9.94. The second-order valence-corrected chi connectivity index (χ2v) is 4.82. The molecule has 1 aliphatic rings. The molecule has 17 heavy (non-hydrogen) atoms. The highest BCUT2D eigenvalue weighted by atomic mass is 35.5. The molecule has 1 heterocycles. The standard InChI is InChI=1S/C13H17ClN2O/c1-3-8-17-13(2)9-15-16-12(13)10-4-6-11(14)7-5-10/h4-7,15H,3,8-9H2,1-2H3. The molecule has 92 valence electrons. The van der Waals surface area contributed by atoms with Gasteiger partial charge in [0.2, 0.25) is 0 Å². The van der Waals surface area contributed by atoms with Crippen molar-refractivity contribution in [3.8, 4) is 0 Å². The highest BCUT2D eigenvalue weighted by Crippen LogP contribution is 2.23. The zero-order chi connectivity index (χ0) is 12.3. The lowest BCUT2D eigenvalue weighted by molar-refractivity contribution is 0.0296. The molecule has 0 aliphatic carbocycles. The summed E-state index contributed by atoms with van der Waals surface area (Å²) in [5.41, 5.74) is 4.67. The summed E-state index contributed by atoms with van der Waals surface area (Å²) >= 11 is 5.89. The van der Waals surface area contributed by atoms with Gasteiger partial charge in [0.1, 0.15) is 11.3 Å². The molecular weight excluding hydrogens is 236 g/mol. The van der Waals surface area contributed by atoms with E-state index in [0.717, 1.165) is 29.3 Å². The third kappa shape index (κ3) is 2.61. The van der Waals surface area contributed by atoms with Gasteiger partial charge in [0.25, 0.3) is 0 Å². The van der Waals surface area contributed by atoms with Crippen molar-refractivity contribution in [1.82, 2.24) is 5.43 Å². The molecule has 0 saturated carbocycles. The van der Waals surface area contributed by atoms with E-state index in [-0.39, 0.29) is 5.60 Å². The first-order chi connectivity index (χ1) is 8.15. The normalized spacial score (nSPS) is 23.4. The van der Waals surface area contributed by atoms with E-state index in [0.29, 0.717) is 6.54 Å². The van der Waals surface area contributed by atoms with E-state index in [4.69, 9.17) is 16.3 Å². The Morgan fingerprint density at radius 3 is 2.76 bits per heavy atom. The van der Waals surface area contributed by atoms with E-state index in [1.807, 2.05) is 24.3 Å². The van der Waals surface area contributed by atoms with Crippen LogP contribution in [0.1, 0.15) is 25.8 Å². The van der Waals surface area contributed by atoms with Crippen LogP contribution < -0.4 is 5.43 Å². The number of halogens is 1. The van der Waals surface area contributed by atoms with Crippen molar-refractivity contribution in [2.75, 3.05) is 13.2 Å². The summed E-state index contributed by atoms with van der Waals surface area (Å²) in [5.74, 6) is 0. The van der Waals surface area contributed by atoms with Crippen LogP contribution in [0.4, 0.5) is 0 Å². The summed E-state index contributed by atoms with van der Waals surface area (Å²) in [6, 6.07) is 7.69. The van der Waals surface area contributed by atoms with Crippen LogP contribution in [0.5, 0.6) is 0 Å². The van der Waals surface area contributed by atoms with Gasteiger partial charge in [0.15, 0.2) is 0 Å². The quantitative estimate of drug-likeness (QED) is 0.894. The average molecular weight is 253 g/mol. The van der Waals surface area contributed by atoms with Crippen LogP contribution in [0.15, 0.2) is 29.4 Å². The van der Waals surface area contributed by atoms with Gasteiger partial charge in [-0.1, -0.05) is 30.7 Å². The molecule has 3 nitrogen and oxygen atoms in total. The molecule has 1 aromatic carbocycles. The van der Waals surface area contributed by atoms with Crippen molar-refractivity contribution in [1.29, 1.82) is 0 Å². The Morgan fingerprint density at radius 2 is 2.12 bits per heavy atom. The molecule has 0 radical (unpaired) electrons. The maximum absolute atomic E-state index is 5.91. The number of hydrogen-bond acceptors (Lipinski definition) is 3. The van der Waals surface area contributed by atoms with E-state index in [1.54, 1.807) is 0 Å². The van der Waals surface area contributed by atoms with Gasteiger partial charge in [-0.2, -0.15) is 5.10 Å². The van der Waals surface area contributed by atoms with Gasteiger partial charge in [-0.25, -0.2) is 0 Å². The van der Waals surface area contributed by atoms with E-state index in [1.165, 1.54) is 0 Å². The number of ether oxygens (including phenoxy) is 1. The molecule has 0 aromatic heterocycles. The van der Waals surface area contributed by atoms with Crippen molar-refractivity contribution < 1.29 is 4.74 Å². The largest absolute Gasteiger partial charge is 0.367 e. The third-order valence-electron chi connectivity index (χ3n) is 2.85. The molecule has 1 aliphatic heterocycles. The van der Waals surface area contributed by atoms with Gasteiger partial charge < -0.3 is 10.2 Å². The first kappa shape index (κ1) is 12.4. The van der Waals surface area contributed by atoms with Crippen LogP contribution in [0.25, 0.3) is 0 Å². The van der Waals surface area contributed by atoms with Crippen molar-refractivity contribution in [2.45, 2.75) is 25.9 Å². The molecule has 2 rings (SSSR count). The molecule has 0 bridgehead atoms. The van der Waals surface area contributed by atoms with E-state index in [2.05, 4.69) is 24.4 Å². The number of hydrazone groups is 1. The summed E-state index contributed by atoms with van der Waals surface area (Å²) in [6.45, 7) is 5.62. The minimum Gasteiger partial charge on any atom is -0.367 e. The molecule has 1 aromatic rings. The second kappa shape index (κ2) is 5.07. The highest BCUT2D eigenvalue weighted by molar-refractivity contribution is 6.30. The molecule has 4 heteroatoms. The first-order valence-corrected chi connectivity index (χ1v) is 6.24. The Morgan fingerprint density at radius 1 is 1.41 bits per heavy atom. The molecule has 0 spiro atoms. The smallest absolute Gasteiger partial charge is 0.128 e. The molecule has 1 atom stereocenters. The van der Waals surface area contributed by atoms with Gasteiger partial charge in [-0.05, 0) is 25.5 Å². The fourth-order valence-electron chi connectivity index (χ4n) is 1.90. The van der Waals surface area contributed by atoms with Gasteiger partial charge in [-0.3, -0.25) is 0 Å². The molecule has 0 fully saturated rings. The fourth-order valence-corrected chi connectivity index (χ4v) is 2.02. The summed E-state index contributed by atoms with van der Waals surface area (Å²) in [7, 11) is 0. The van der Waals surface area contributed by atoms with Crippen LogP contribution in [0.2, 0.25) is 5.02 Å². The number of rotatable bonds is 4. The molecule has 0 amide bonds. The zero-order valence-electron chi connectivity index (χ0n) is 10.2. The molecule has 0 saturated heterocycles. The Labute approximate surface area is 107 Å². The van der Waals surface area contributed by atoms with E-state index < -0.39 is 0 Å². The summed E-state index contributed by atoms with van der Waals surface area (Å²) in [5, 5.41) is 5.07. The minimum atomic E-state index is -0.343. The lowest BCUT2D eigenvalue weighted by Gasteiger charge is -2.25.